The Labute approximate surface area is 149 Å². The molecule has 0 atom stereocenters. The number of aromatic nitrogens is 2. The van der Waals surface area contributed by atoms with Gasteiger partial charge in [0.05, 0.1) is 17.9 Å². The second kappa shape index (κ2) is 9.19. The summed E-state index contributed by atoms with van der Waals surface area (Å²) in [7, 11) is 1.59. The number of nitrogens with one attached hydrogen (secondary N) is 1. The van der Waals surface area contributed by atoms with Crippen molar-refractivity contribution < 1.29 is 9.53 Å². The van der Waals surface area contributed by atoms with Crippen molar-refractivity contribution in [2.45, 2.75) is 32.0 Å². The number of ether oxygens (including phenoxy) is 1. The first kappa shape index (κ1) is 19.0. The number of hydrogen-bond acceptors (Lipinski definition) is 6. The summed E-state index contributed by atoms with van der Waals surface area (Å²) < 4.78 is 7.28. The topological polar surface area (TPSA) is 73.2 Å². The fourth-order valence-corrected chi connectivity index (χ4v) is 3.73. The minimum Gasteiger partial charge on any atom is -0.383 e. The van der Waals surface area contributed by atoms with Crippen molar-refractivity contribution in [2.75, 3.05) is 26.0 Å². The van der Waals surface area contributed by atoms with Crippen LogP contribution in [0.15, 0.2) is 21.4 Å². The lowest BCUT2D eigenvalue weighted by molar-refractivity contribution is -0.118. The molecule has 132 valence electrons. The Morgan fingerprint density at radius 1 is 1.50 bits per heavy atom. The predicted octanol–water partition coefficient (Wildman–Crippen LogP) is 2.36. The van der Waals surface area contributed by atoms with Crippen molar-refractivity contribution in [1.82, 2.24) is 14.9 Å². The molecule has 0 radical (unpaired) electrons. The third-order valence-electron chi connectivity index (χ3n) is 3.42. The summed E-state index contributed by atoms with van der Waals surface area (Å²) in [6.45, 7) is 5.82. The Morgan fingerprint density at radius 2 is 2.29 bits per heavy atom. The number of amides is 1. The molecule has 0 unspecified atom stereocenters. The molecule has 6 nitrogen and oxygen atoms in total. The van der Waals surface area contributed by atoms with Gasteiger partial charge in [-0.3, -0.25) is 14.2 Å². The van der Waals surface area contributed by atoms with Crippen molar-refractivity contribution in [1.29, 1.82) is 0 Å². The molecule has 0 aliphatic carbocycles. The van der Waals surface area contributed by atoms with E-state index in [0.717, 1.165) is 6.42 Å². The lowest BCUT2D eigenvalue weighted by Gasteiger charge is -2.13. The van der Waals surface area contributed by atoms with Crippen molar-refractivity contribution in [2.24, 2.45) is 5.92 Å². The van der Waals surface area contributed by atoms with Gasteiger partial charge in [0.15, 0.2) is 5.16 Å². The van der Waals surface area contributed by atoms with E-state index in [1.807, 2.05) is 11.4 Å². The van der Waals surface area contributed by atoms with Crippen molar-refractivity contribution in [3.63, 3.8) is 0 Å². The van der Waals surface area contributed by atoms with Crippen LogP contribution in [0.3, 0.4) is 0 Å². The van der Waals surface area contributed by atoms with Crippen molar-refractivity contribution in [3.05, 3.63) is 21.8 Å². The summed E-state index contributed by atoms with van der Waals surface area (Å²) in [6.07, 6.45) is 0.895. The number of hydrogen-bond donors (Lipinski definition) is 1. The highest BCUT2D eigenvalue weighted by Crippen LogP contribution is 2.21. The maximum absolute atomic E-state index is 12.7. The van der Waals surface area contributed by atoms with Crippen molar-refractivity contribution >= 4 is 39.2 Å². The minimum atomic E-state index is -0.0906. The monoisotopic (exact) mass is 369 g/mol. The second-order valence-corrected chi connectivity index (χ2v) is 7.66. The zero-order valence-electron chi connectivity index (χ0n) is 14.2. The SMILES string of the molecule is COCCNC(=O)CSc1nc2ccsc2c(=O)n1CCC(C)C. The first-order chi connectivity index (χ1) is 11.5. The van der Waals surface area contributed by atoms with E-state index in [1.54, 1.807) is 11.7 Å². The molecule has 24 heavy (non-hydrogen) atoms. The van der Waals surface area contributed by atoms with Gasteiger partial charge in [0.25, 0.3) is 5.56 Å². The number of thioether (sulfide) groups is 1. The average molecular weight is 370 g/mol. The number of nitrogens with zero attached hydrogens (tertiary/aromatic N) is 2. The van der Waals surface area contributed by atoms with Crippen LogP contribution >= 0.6 is 23.1 Å². The molecule has 2 aromatic heterocycles. The smallest absolute Gasteiger partial charge is 0.272 e. The molecule has 1 N–H and O–H groups in total. The Bertz CT molecular complexity index is 740. The lowest BCUT2D eigenvalue weighted by Crippen LogP contribution is -2.29. The second-order valence-electron chi connectivity index (χ2n) is 5.80. The molecule has 0 aliphatic rings. The predicted molar refractivity (Wildman–Crippen MR) is 98.9 cm³/mol. The number of fused-ring (bicyclic) bond motifs is 1. The average Bonchev–Trinajstić information content (AvgIpc) is 3.01. The van der Waals surface area contributed by atoms with E-state index in [9.17, 15) is 9.59 Å². The number of rotatable bonds is 9. The number of methoxy groups -OCH3 is 1. The van der Waals surface area contributed by atoms with Gasteiger partial charge in [-0.15, -0.1) is 11.3 Å². The van der Waals surface area contributed by atoms with Crippen LogP contribution in [0.2, 0.25) is 0 Å². The molecule has 0 saturated carbocycles. The third-order valence-corrected chi connectivity index (χ3v) is 5.29. The maximum atomic E-state index is 12.7. The maximum Gasteiger partial charge on any atom is 0.272 e. The molecular weight excluding hydrogens is 346 g/mol. The van der Waals surface area contributed by atoms with Crippen LogP contribution < -0.4 is 10.9 Å². The van der Waals surface area contributed by atoms with Gasteiger partial charge in [-0.05, 0) is 23.8 Å². The number of thiophene rings is 1. The van der Waals surface area contributed by atoms with Crippen LogP contribution in [-0.2, 0) is 16.1 Å². The van der Waals surface area contributed by atoms with Crippen LogP contribution in [0.25, 0.3) is 10.2 Å². The Kier molecular flexibility index (Phi) is 7.26. The van der Waals surface area contributed by atoms with Gasteiger partial charge in [-0.25, -0.2) is 4.98 Å². The van der Waals surface area contributed by atoms with Gasteiger partial charge in [0.1, 0.15) is 4.70 Å². The number of carbonyl (C=O) groups is 1. The van der Waals surface area contributed by atoms with Crippen LogP contribution in [0.1, 0.15) is 20.3 Å². The van der Waals surface area contributed by atoms with E-state index in [4.69, 9.17) is 4.74 Å². The Morgan fingerprint density at radius 3 is 3.00 bits per heavy atom. The quantitative estimate of drug-likeness (QED) is 0.417. The highest BCUT2D eigenvalue weighted by Gasteiger charge is 2.14. The Balaban J connectivity index is 2.15. The lowest BCUT2D eigenvalue weighted by atomic mass is 10.1. The molecule has 8 heteroatoms. The van der Waals surface area contributed by atoms with Gasteiger partial charge in [0.2, 0.25) is 5.91 Å². The summed E-state index contributed by atoms with van der Waals surface area (Å²) in [5.74, 6) is 0.631. The molecule has 0 spiro atoms. The fraction of sp³-hybridized carbons (Fsp3) is 0.562. The van der Waals surface area contributed by atoms with E-state index in [0.29, 0.717) is 41.0 Å². The molecule has 0 bridgehead atoms. The first-order valence-corrected chi connectivity index (χ1v) is 9.76. The molecule has 2 rings (SSSR count). The molecule has 2 aromatic rings. The van der Waals surface area contributed by atoms with Crippen LogP contribution in [-0.4, -0.2) is 41.5 Å². The normalized spacial score (nSPS) is 11.3. The van der Waals surface area contributed by atoms with Gasteiger partial charge < -0.3 is 10.1 Å². The third kappa shape index (κ3) is 5.06. The van der Waals surface area contributed by atoms with E-state index in [-0.39, 0.29) is 17.2 Å². The molecule has 1 amide bonds. The molecule has 0 aliphatic heterocycles. The van der Waals surface area contributed by atoms with E-state index in [2.05, 4.69) is 24.1 Å². The number of carbonyl (C=O) groups excluding carboxylic acids is 1. The molecule has 0 aromatic carbocycles. The molecule has 2 heterocycles. The van der Waals surface area contributed by atoms with Gasteiger partial charge in [0, 0.05) is 20.2 Å². The highest BCUT2D eigenvalue weighted by atomic mass is 32.2. The van der Waals surface area contributed by atoms with E-state index >= 15 is 0 Å². The van der Waals surface area contributed by atoms with Gasteiger partial charge >= 0.3 is 0 Å². The molecule has 0 fully saturated rings. The zero-order valence-corrected chi connectivity index (χ0v) is 15.8. The summed E-state index contributed by atoms with van der Waals surface area (Å²) >= 11 is 2.71. The summed E-state index contributed by atoms with van der Waals surface area (Å²) in [5.41, 5.74) is 0.686. The molecular formula is C16H23N3O3S2. The summed E-state index contributed by atoms with van der Waals surface area (Å²) in [4.78, 5) is 29.1. The first-order valence-electron chi connectivity index (χ1n) is 7.89. The highest BCUT2D eigenvalue weighted by molar-refractivity contribution is 7.99. The largest absolute Gasteiger partial charge is 0.383 e. The van der Waals surface area contributed by atoms with Gasteiger partial charge in [-0.1, -0.05) is 25.6 Å². The van der Waals surface area contributed by atoms with E-state index < -0.39 is 0 Å². The summed E-state index contributed by atoms with van der Waals surface area (Å²) in [6, 6.07) is 1.84. The molecule has 0 saturated heterocycles. The van der Waals surface area contributed by atoms with Crippen LogP contribution in [0.4, 0.5) is 0 Å². The fourth-order valence-electron chi connectivity index (χ4n) is 2.09. The zero-order chi connectivity index (χ0) is 17.5. The van der Waals surface area contributed by atoms with Gasteiger partial charge in [-0.2, -0.15) is 0 Å². The van der Waals surface area contributed by atoms with Crippen LogP contribution in [0.5, 0.6) is 0 Å². The summed E-state index contributed by atoms with van der Waals surface area (Å²) in [5, 5.41) is 5.25. The van der Waals surface area contributed by atoms with E-state index in [1.165, 1.54) is 23.1 Å². The Hall–Kier alpha value is -1.38. The standard InChI is InChI=1S/C16H23N3O3S2/c1-11(2)4-7-19-15(21)14-12(5-9-23-14)18-16(19)24-10-13(20)17-6-8-22-3/h5,9,11H,4,6-8,10H2,1-3H3,(H,17,20). The van der Waals surface area contributed by atoms with Crippen LogP contribution in [0, 0.1) is 5.92 Å². The van der Waals surface area contributed by atoms with Crippen molar-refractivity contribution in [3.8, 4) is 0 Å². The minimum absolute atomic E-state index is 0.0158.